The molecule has 2 aromatic rings. The summed E-state index contributed by atoms with van der Waals surface area (Å²) in [5, 5.41) is 9.46. The lowest BCUT2D eigenvalue weighted by molar-refractivity contribution is 0.573. The second-order valence-electron chi connectivity index (χ2n) is 5.15. The van der Waals surface area contributed by atoms with Crippen molar-refractivity contribution in [2.75, 3.05) is 0 Å². The van der Waals surface area contributed by atoms with Crippen LogP contribution >= 0.6 is 0 Å². The molecule has 0 fully saturated rings. The normalized spacial score (nSPS) is 24.9. The highest BCUT2D eigenvalue weighted by atomic mass is 14.6. The third-order valence-electron chi connectivity index (χ3n) is 3.99. The van der Waals surface area contributed by atoms with Gasteiger partial charge in [-0.1, -0.05) is 66.7 Å². The highest BCUT2D eigenvalue weighted by Crippen LogP contribution is 2.46. The van der Waals surface area contributed by atoms with E-state index in [9.17, 15) is 5.26 Å². The van der Waals surface area contributed by atoms with Gasteiger partial charge in [0.25, 0.3) is 0 Å². The Morgan fingerprint density at radius 2 is 1.40 bits per heavy atom. The summed E-state index contributed by atoms with van der Waals surface area (Å²) < 4.78 is 0. The quantitative estimate of drug-likeness (QED) is 0.897. The minimum atomic E-state index is -0.248. The maximum absolute atomic E-state index is 9.46. The molecule has 0 amide bonds. The molecule has 3 unspecified atom stereocenters. The third-order valence-corrected chi connectivity index (χ3v) is 3.99. The molecule has 2 N–H and O–H groups in total. The minimum absolute atomic E-state index is 0.101. The summed E-state index contributed by atoms with van der Waals surface area (Å²) in [5.74, 6) is 0.0226. The molecule has 20 heavy (non-hydrogen) atoms. The van der Waals surface area contributed by atoms with Gasteiger partial charge in [-0.15, -0.1) is 0 Å². The average molecular weight is 260 g/mol. The van der Waals surface area contributed by atoms with Crippen LogP contribution in [0.5, 0.6) is 0 Å². The summed E-state index contributed by atoms with van der Waals surface area (Å²) in [6.07, 6.45) is 2.04. The van der Waals surface area contributed by atoms with Crippen LogP contribution in [0.15, 0.2) is 72.4 Å². The van der Waals surface area contributed by atoms with E-state index >= 15 is 0 Å². The molecule has 0 bridgehead atoms. The van der Waals surface area contributed by atoms with Gasteiger partial charge in [-0.2, -0.15) is 5.26 Å². The van der Waals surface area contributed by atoms with Gasteiger partial charge in [0.1, 0.15) is 0 Å². The summed E-state index contributed by atoms with van der Waals surface area (Å²) in [6, 6.07) is 22.8. The first kappa shape index (κ1) is 12.5. The Morgan fingerprint density at radius 3 is 1.95 bits per heavy atom. The Hall–Kier alpha value is -2.53. The summed E-state index contributed by atoms with van der Waals surface area (Å²) in [5.41, 5.74) is 9.15. The van der Waals surface area contributed by atoms with E-state index in [4.69, 9.17) is 5.73 Å². The Balaban J connectivity index is 2.06. The maximum Gasteiger partial charge on any atom is 0.0931 e. The van der Waals surface area contributed by atoms with Crippen molar-refractivity contribution in [3.63, 3.8) is 0 Å². The van der Waals surface area contributed by atoms with Crippen LogP contribution in [0.4, 0.5) is 0 Å². The minimum Gasteiger partial charge on any atom is -0.401 e. The largest absolute Gasteiger partial charge is 0.401 e. The van der Waals surface area contributed by atoms with Crippen LogP contribution in [-0.4, -0.2) is 0 Å². The molecule has 1 aliphatic carbocycles. The van der Waals surface area contributed by atoms with Gasteiger partial charge in [0.2, 0.25) is 0 Å². The number of hydrogen-bond donors (Lipinski definition) is 1. The van der Waals surface area contributed by atoms with E-state index in [-0.39, 0.29) is 17.8 Å². The Bertz CT molecular complexity index is 653. The van der Waals surface area contributed by atoms with E-state index in [1.54, 1.807) is 0 Å². The van der Waals surface area contributed by atoms with Gasteiger partial charge in [0, 0.05) is 17.5 Å². The highest BCUT2D eigenvalue weighted by Gasteiger charge is 2.37. The Morgan fingerprint density at radius 1 is 0.850 bits per heavy atom. The van der Waals surface area contributed by atoms with Crippen LogP contribution in [0, 0.1) is 17.2 Å². The van der Waals surface area contributed by atoms with Crippen molar-refractivity contribution >= 4 is 0 Å². The number of allylic oxidation sites excluding steroid dienone is 2. The molecule has 0 aromatic heterocycles. The highest BCUT2D eigenvalue weighted by molar-refractivity contribution is 5.42. The molecule has 0 heterocycles. The van der Waals surface area contributed by atoms with Crippen LogP contribution in [0.1, 0.15) is 23.0 Å². The monoisotopic (exact) mass is 260 g/mol. The summed E-state index contributed by atoms with van der Waals surface area (Å²) >= 11 is 0. The standard InChI is InChI=1S/C18H16N2/c19-12-16-17(20)11-15(13-7-3-1-4-8-13)18(16)14-9-5-2-6-10-14/h1-11,15-16,18H,20H2. The first-order valence-electron chi connectivity index (χ1n) is 6.78. The molecule has 0 aliphatic heterocycles. The zero-order valence-corrected chi connectivity index (χ0v) is 11.1. The fourth-order valence-electron chi connectivity index (χ4n) is 3.04. The lowest BCUT2D eigenvalue weighted by Gasteiger charge is -2.23. The third kappa shape index (κ3) is 2.08. The van der Waals surface area contributed by atoms with Crippen molar-refractivity contribution in [2.45, 2.75) is 11.8 Å². The van der Waals surface area contributed by atoms with Crippen LogP contribution in [0.2, 0.25) is 0 Å². The van der Waals surface area contributed by atoms with E-state index in [0.29, 0.717) is 5.70 Å². The van der Waals surface area contributed by atoms with Crippen molar-refractivity contribution in [1.82, 2.24) is 0 Å². The number of nitrogens with zero attached hydrogens (tertiary/aromatic N) is 1. The van der Waals surface area contributed by atoms with E-state index in [1.807, 2.05) is 42.5 Å². The molecule has 0 saturated heterocycles. The van der Waals surface area contributed by atoms with Crippen LogP contribution in [0.25, 0.3) is 0 Å². The lowest BCUT2D eigenvalue weighted by atomic mass is 9.79. The summed E-state index contributed by atoms with van der Waals surface area (Å²) in [6.45, 7) is 0. The van der Waals surface area contributed by atoms with Gasteiger partial charge in [-0.25, -0.2) is 0 Å². The predicted molar refractivity (Wildman–Crippen MR) is 79.7 cm³/mol. The van der Waals surface area contributed by atoms with Crippen molar-refractivity contribution in [2.24, 2.45) is 11.7 Å². The molecular weight excluding hydrogens is 244 g/mol. The van der Waals surface area contributed by atoms with Gasteiger partial charge in [-0.05, 0) is 11.1 Å². The van der Waals surface area contributed by atoms with Gasteiger partial charge in [0.15, 0.2) is 0 Å². The summed E-state index contributed by atoms with van der Waals surface area (Å²) in [7, 11) is 0. The topological polar surface area (TPSA) is 49.8 Å². The Labute approximate surface area is 119 Å². The van der Waals surface area contributed by atoms with E-state index < -0.39 is 0 Å². The molecule has 0 radical (unpaired) electrons. The molecule has 3 rings (SSSR count). The fourth-order valence-corrected chi connectivity index (χ4v) is 3.04. The van der Waals surface area contributed by atoms with E-state index in [2.05, 4.69) is 30.3 Å². The molecule has 98 valence electrons. The van der Waals surface area contributed by atoms with E-state index in [1.165, 1.54) is 11.1 Å². The van der Waals surface area contributed by atoms with Crippen molar-refractivity contribution in [3.05, 3.63) is 83.6 Å². The average Bonchev–Trinajstić information content (AvgIpc) is 2.85. The molecule has 0 spiro atoms. The van der Waals surface area contributed by atoms with Gasteiger partial charge < -0.3 is 5.73 Å². The smallest absolute Gasteiger partial charge is 0.0931 e. The van der Waals surface area contributed by atoms with Crippen LogP contribution < -0.4 is 5.73 Å². The van der Waals surface area contributed by atoms with E-state index in [0.717, 1.165) is 0 Å². The number of rotatable bonds is 2. The molecule has 3 atom stereocenters. The number of hydrogen-bond acceptors (Lipinski definition) is 2. The first-order valence-corrected chi connectivity index (χ1v) is 6.78. The number of nitriles is 1. The molecule has 2 heteroatoms. The first-order chi connectivity index (χ1) is 9.81. The second-order valence-corrected chi connectivity index (χ2v) is 5.15. The molecule has 1 aliphatic rings. The van der Waals surface area contributed by atoms with Crippen molar-refractivity contribution < 1.29 is 0 Å². The molecule has 0 saturated carbocycles. The molecule has 2 aromatic carbocycles. The zero-order chi connectivity index (χ0) is 13.9. The fraction of sp³-hybridized carbons (Fsp3) is 0.167. The van der Waals surface area contributed by atoms with Crippen molar-refractivity contribution in [1.29, 1.82) is 5.26 Å². The molecular formula is C18H16N2. The Kier molecular flexibility index (Phi) is 3.26. The maximum atomic E-state index is 9.46. The number of nitrogens with two attached hydrogens (primary N) is 1. The zero-order valence-electron chi connectivity index (χ0n) is 11.1. The second kappa shape index (κ2) is 5.22. The number of benzene rings is 2. The summed E-state index contributed by atoms with van der Waals surface area (Å²) in [4.78, 5) is 0. The molecule has 2 nitrogen and oxygen atoms in total. The van der Waals surface area contributed by atoms with Crippen molar-refractivity contribution in [3.8, 4) is 6.07 Å². The predicted octanol–water partition coefficient (Wildman–Crippen LogP) is 3.55. The van der Waals surface area contributed by atoms with Crippen LogP contribution in [0.3, 0.4) is 0 Å². The van der Waals surface area contributed by atoms with Gasteiger partial charge >= 0.3 is 0 Å². The van der Waals surface area contributed by atoms with Gasteiger partial charge in [-0.3, -0.25) is 0 Å². The van der Waals surface area contributed by atoms with Gasteiger partial charge in [0.05, 0.1) is 12.0 Å². The lowest BCUT2D eigenvalue weighted by Crippen LogP contribution is -2.16. The SMILES string of the molecule is N#CC1C(N)=CC(c2ccccc2)C1c1ccccc1. The van der Waals surface area contributed by atoms with Crippen LogP contribution in [-0.2, 0) is 0 Å².